The van der Waals surface area contributed by atoms with Crippen LogP contribution in [0.4, 0.5) is 0 Å². The molecule has 2 aromatic rings. The van der Waals surface area contributed by atoms with Crippen molar-refractivity contribution in [3.8, 4) is 0 Å². The fourth-order valence-corrected chi connectivity index (χ4v) is 2.11. The summed E-state index contributed by atoms with van der Waals surface area (Å²) in [5.41, 5.74) is 6.68. The van der Waals surface area contributed by atoms with Crippen LogP contribution in [0.15, 0.2) is 65.0 Å². The number of rotatable bonds is 4. The van der Waals surface area contributed by atoms with E-state index in [4.69, 9.17) is 0 Å². The minimum Gasteiger partial charge on any atom is -0.361 e. The number of aromatic amines is 1. The van der Waals surface area contributed by atoms with Gasteiger partial charge in [-0.05, 0) is 30.2 Å². The van der Waals surface area contributed by atoms with E-state index in [9.17, 15) is 0 Å². The molecule has 0 aliphatic heterocycles. The molecule has 88 valence electrons. The fraction of sp³-hybridized carbons (Fsp3) is 0.125. The number of aromatic nitrogens is 1. The van der Waals surface area contributed by atoms with E-state index < -0.39 is 0 Å². The molecule has 1 aliphatic rings. The average Bonchev–Trinajstić information content (AvgIpc) is 3.04. The van der Waals surface area contributed by atoms with Crippen LogP contribution in [0, 0.1) is 0 Å². The van der Waals surface area contributed by atoms with Crippen molar-refractivity contribution in [2.75, 3.05) is 6.54 Å². The van der Waals surface area contributed by atoms with Crippen LogP contribution >= 0.6 is 0 Å². The Hall–Kier alpha value is -2.31. The van der Waals surface area contributed by atoms with Crippen molar-refractivity contribution >= 4 is 17.1 Å². The van der Waals surface area contributed by atoms with Crippen LogP contribution in [0.1, 0.15) is 5.56 Å². The zero-order valence-corrected chi connectivity index (χ0v) is 10.1. The average molecular weight is 234 g/mol. The number of benzene rings is 1. The van der Waals surface area contributed by atoms with Crippen molar-refractivity contribution in [2.24, 2.45) is 4.99 Å². The molecular weight excluding hydrogens is 220 g/mol. The number of allylic oxidation sites excluding steroid dienone is 3. The van der Waals surface area contributed by atoms with Crippen molar-refractivity contribution in [1.29, 1.82) is 0 Å². The summed E-state index contributed by atoms with van der Waals surface area (Å²) in [6, 6.07) is 8.37. The molecular formula is C16H14N2. The molecule has 1 N–H and O–H groups in total. The molecule has 0 amide bonds. The summed E-state index contributed by atoms with van der Waals surface area (Å²) in [6.07, 6.45) is 10.8. The SMILES string of the molecule is C1=CC=CC=1C=NCCc1c[nH]c2ccccc12. The van der Waals surface area contributed by atoms with Crippen molar-refractivity contribution < 1.29 is 0 Å². The van der Waals surface area contributed by atoms with Gasteiger partial charge in [0.2, 0.25) is 0 Å². The maximum atomic E-state index is 4.43. The number of nitrogens with zero attached hydrogens (tertiary/aromatic N) is 1. The summed E-state index contributed by atoms with van der Waals surface area (Å²) in [5, 5.41) is 1.30. The second kappa shape index (κ2) is 4.91. The third-order valence-corrected chi connectivity index (χ3v) is 3.04. The smallest absolute Gasteiger partial charge is 0.0456 e. The van der Waals surface area contributed by atoms with E-state index >= 15 is 0 Å². The second-order valence-electron chi connectivity index (χ2n) is 4.27. The molecule has 2 heteroatoms. The Kier molecular flexibility index (Phi) is 2.95. The topological polar surface area (TPSA) is 28.1 Å². The summed E-state index contributed by atoms with van der Waals surface area (Å²) >= 11 is 0. The predicted molar refractivity (Wildman–Crippen MR) is 76.1 cm³/mol. The standard InChI is InChI=1S/C16H14N2/c1-2-6-13(5-1)11-17-10-9-14-12-18-16-8-4-3-7-15(14)16/h1-5,7-8,11-12,18H,9-10H2. The van der Waals surface area contributed by atoms with E-state index in [-0.39, 0.29) is 0 Å². The highest BCUT2D eigenvalue weighted by Crippen LogP contribution is 2.17. The molecule has 0 bridgehead atoms. The lowest BCUT2D eigenvalue weighted by atomic mass is 10.1. The van der Waals surface area contributed by atoms with Crippen LogP contribution < -0.4 is 0 Å². The summed E-state index contributed by atoms with van der Waals surface area (Å²) in [7, 11) is 0. The first-order chi connectivity index (χ1) is 8.93. The Bertz CT molecular complexity index is 680. The Balaban J connectivity index is 1.66. The molecule has 1 aromatic carbocycles. The summed E-state index contributed by atoms with van der Waals surface area (Å²) in [4.78, 5) is 7.71. The van der Waals surface area contributed by atoms with E-state index in [0.29, 0.717) is 0 Å². The van der Waals surface area contributed by atoms with Gasteiger partial charge in [0.1, 0.15) is 0 Å². The maximum absolute atomic E-state index is 4.43. The first kappa shape index (κ1) is 10.8. The van der Waals surface area contributed by atoms with Crippen LogP contribution in [0.3, 0.4) is 0 Å². The van der Waals surface area contributed by atoms with Gasteiger partial charge in [0.25, 0.3) is 0 Å². The first-order valence-electron chi connectivity index (χ1n) is 6.12. The van der Waals surface area contributed by atoms with Gasteiger partial charge < -0.3 is 4.98 Å². The fourth-order valence-electron chi connectivity index (χ4n) is 2.11. The van der Waals surface area contributed by atoms with Crippen molar-refractivity contribution in [1.82, 2.24) is 4.98 Å². The van der Waals surface area contributed by atoms with Crippen molar-refractivity contribution in [2.45, 2.75) is 6.42 Å². The van der Waals surface area contributed by atoms with Gasteiger partial charge in [0.05, 0.1) is 0 Å². The van der Waals surface area contributed by atoms with Crippen LogP contribution in [-0.2, 0) is 6.42 Å². The zero-order chi connectivity index (χ0) is 12.2. The van der Waals surface area contributed by atoms with Gasteiger partial charge in [0, 0.05) is 35.4 Å². The number of nitrogens with one attached hydrogen (secondary N) is 1. The molecule has 18 heavy (non-hydrogen) atoms. The molecule has 0 fully saturated rings. The summed E-state index contributed by atoms with van der Waals surface area (Å²) in [5.74, 6) is 0. The molecule has 0 radical (unpaired) electrons. The summed E-state index contributed by atoms with van der Waals surface area (Å²) < 4.78 is 0. The van der Waals surface area contributed by atoms with Gasteiger partial charge in [-0.15, -0.1) is 5.73 Å². The third-order valence-electron chi connectivity index (χ3n) is 3.04. The molecule has 3 rings (SSSR count). The predicted octanol–water partition coefficient (Wildman–Crippen LogP) is 3.43. The van der Waals surface area contributed by atoms with Gasteiger partial charge >= 0.3 is 0 Å². The first-order valence-corrected chi connectivity index (χ1v) is 6.12. The molecule has 0 atom stereocenters. The van der Waals surface area contributed by atoms with Gasteiger partial charge in [-0.1, -0.05) is 24.3 Å². The number of hydrogen-bond donors (Lipinski definition) is 1. The van der Waals surface area contributed by atoms with Gasteiger partial charge in [0.15, 0.2) is 0 Å². The minimum atomic E-state index is 0.806. The van der Waals surface area contributed by atoms with Gasteiger partial charge in [-0.3, -0.25) is 4.99 Å². The zero-order valence-electron chi connectivity index (χ0n) is 10.1. The van der Waals surface area contributed by atoms with E-state index in [1.54, 1.807) is 0 Å². The minimum absolute atomic E-state index is 0.806. The van der Waals surface area contributed by atoms with E-state index in [0.717, 1.165) is 18.5 Å². The highest BCUT2D eigenvalue weighted by Gasteiger charge is 2.01. The van der Waals surface area contributed by atoms with Crippen LogP contribution in [0.25, 0.3) is 10.9 Å². The Morgan fingerprint density at radius 2 is 2.22 bits per heavy atom. The number of aliphatic imine (C=N–C) groups is 1. The molecule has 2 nitrogen and oxygen atoms in total. The van der Waals surface area contributed by atoms with Gasteiger partial charge in [-0.2, -0.15) is 0 Å². The quantitative estimate of drug-likeness (QED) is 0.620. The lowest BCUT2D eigenvalue weighted by Crippen LogP contribution is -1.89. The normalized spacial score (nSPS) is 13.9. The van der Waals surface area contributed by atoms with E-state index in [1.807, 2.05) is 30.5 Å². The Labute approximate surface area is 106 Å². The number of fused-ring (bicyclic) bond motifs is 1. The molecule has 0 spiro atoms. The van der Waals surface area contributed by atoms with Crippen molar-refractivity contribution in [3.05, 3.63) is 65.6 Å². The molecule has 0 saturated carbocycles. The second-order valence-corrected chi connectivity index (χ2v) is 4.27. The molecule has 0 saturated heterocycles. The highest BCUT2D eigenvalue weighted by atomic mass is 14.7. The van der Waals surface area contributed by atoms with E-state index in [2.05, 4.69) is 40.1 Å². The third kappa shape index (κ3) is 2.20. The largest absolute Gasteiger partial charge is 0.361 e. The molecule has 0 unspecified atom stereocenters. The molecule has 1 aromatic heterocycles. The number of H-pyrrole nitrogens is 1. The summed E-state index contributed by atoms with van der Waals surface area (Å²) in [6.45, 7) is 0.806. The maximum Gasteiger partial charge on any atom is 0.0456 e. The lowest BCUT2D eigenvalue weighted by molar-refractivity contribution is 0.981. The van der Waals surface area contributed by atoms with Crippen LogP contribution in [0.5, 0.6) is 0 Å². The number of hydrogen-bond acceptors (Lipinski definition) is 1. The van der Waals surface area contributed by atoms with Crippen LogP contribution in [0.2, 0.25) is 0 Å². The highest BCUT2D eigenvalue weighted by molar-refractivity contribution is 5.84. The monoisotopic (exact) mass is 234 g/mol. The Morgan fingerprint density at radius 3 is 3.11 bits per heavy atom. The Morgan fingerprint density at radius 1 is 1.28 bits per heavy atom. The van der Waals surface area contributed by atoms with Gasteiger partial charge in [-0.25, -0.2) is 0 Å². The van der Waals surface area contributed by atoms with Crippen molar-refractivity contribution in [3.63, 3.8) is 0 Å². The molecule has 1 aliphatic carbocycles. The number of para-hydroxylation sites is 1. The molecule has 1 heterocycles. The van der Waals surface area contributed by atoms with Crippen LogP contribution in [-0.4, -0.2) is 17.7 Å². The lowest BCUT2D eigenvalue weighted by Gasteiger charge is -1.95. The van der Waals surface area contributed by atoms with E-state index in [1.165, 1.54) is 16.5 Å².